The Hall–Kier alpha value is -1.35. The molecule has 0 saturated heterocycles. The van der Waals surface area contributed by atoms with Gasteiger partial charge in [0, 0.05) is 19.1 Å². The van der Waals surface area contributed by atoms with E-state index in [0.717, 1.165) is 24.4 Å². The predicted molar refractivity (Wildman–Crippen MR) is 67.6 cm³/mol. The maximum Gasteiger partial charge on any atom is 0.106 e. The molecule has 2 rings (SSSR count). The van der Waals surface area contributed by atoms with Crippen molar-refractivity contribution < 1.29 is 0 Å². The van der Waals surface area contributed by atoms with Gasteiger partial charge in [-0.1, -0.05) is 26.0 Å². The normalized spacial score (nSPS) is 11.5. The smallest absolute Gasteiger partial charge is 0.106 e. The molecule has 0 unspecified atom stereocenters. The van der Waals surface area contributed by atoms with E-state index in [1.807, 2.05) is 6.07 Å². The molecule has 1 heterocycles. The number of fused-ring (bicyclic) bond motifs is 1. The summed E-state index contributed by atoms with van der Waals surface area (Å²) < 4.78 is 2.27. The molecule has 0 fully saturated rings. The Kier molecular flexibility index (Phi) is 3.25. The lowest BCUT2D eigenvalue weighted by Crippen LogP contribution is -2.26. The van der Waals surface area contributed by atoms with Crippen LogP contribution in [0.25, 0.3) is 11.0 Å². The highest BCUT2D eigenvalue weighted by Gasteiger charge is 2.05. The standard InChI is InChI=1S/C13H19N3/c1-10(2)14-8-9-16-11(3)15-12-6-4-5-7-13(12)16/h4-7,10,14H,8-9H2,1-3H3. The van der Waals surface area contributed by atoms with E-state index < -0.39 is 0 Å². The first-order valence-electron chi connectivity index (χ1n) is 5.83. The number of hydrogen-bond donors (Lipinski definition) is 1. The van der Waals surface area contributed by atoms with Crippen LogP contribution in [0.1, 0.15) is 19.7 Å². The number of benzene rings is 1. The first kappa shape index (κ1) is 11.1. The van der Waals surface area contributed by atoms with Crippen molar-refractivity contribution in [1.82, 2.24) is 14.9 Å². The molecule has 1 aromatic heterocycles. The Bertz CT molecular complexity index is 471. The third kappa shape index (κ3) is 2.25. The topological polar surface area (TPSA) is 29.9 Å². The molecule has 16 heavy (non-hydrogen) atoms. The molecule has 86 valence electrons. The summed E-state index contributed by atoms with van der Waals surface area (Å²) in [4.78, 5) is 4.55. The van der Waals surface area contributed by atoms with Crippen molar-refractivity contribution in [1.29, 1.82) is 0 Å². The van der Waals surface area contributed by atoms with Crippen LogP contribution in [0.5, 0.6) is 0 Å². The monoisotopic (exact) mass is 217 g/mol. The first-order chi connectivity index (χ1) is 7.68. The number of nitrogens with zero attached hydrogens (tertiary/aromatic N) is 2. The summed E-state index contributed by atoms with van der Waals surface area (Å²) in [5.74, 6) is 1.09. The molecule has 2 aromatic rings. The van der Waals surface area contributed by atoms with Crippen LogP contribution in [0, 0.1) is 6.92 Å². The number of para-hydroxylation sites is 2. The number of aryl methyl sites for hydroxylation is 1. The van der Waals surface area contributed by atoms with Crippen molar-refractivity contribution in [3.8, 4) is 0 Å². The zero-order valence-corrected chi connectivity index (χ0v) is 10.2. The highest BCUT2D eigenvalue weighted by atomic mass is 15.1. The number of rotatable bonds is 4. The number of hydrogen-bond acceptors (Lipinski definition) is 2. The van der Waals surface area contributed by atoms with Gasteiger partial charge < -0.3 is 9.88 Å². The molecule has 1 aromatic carbocycles. The highest BCUT2D eigenvalue weighted by Crippen LogP contribution is 2.14. The maximum atomic E-state index is 4.55. The van der Waals surface area contributed by atoms with Gasteiger partial charge in [-0.25, -0.2) is 4.98 Å². The van der Waals surface area contributed by atoms with Gasteiger partial charge >= 0.3 is 0 Å². The second kappa shape index (κ2) is 4.66. The fraction of sp³-hybridized carbons (Fsp3) is 0.462. The molecular weight excluding hydrogens is 198 g/mol. The zero-order chi connectivity index (χ0) is 11.5. The van der Waals surface area contributed by atoms with Crippen LogP contribution in [-0.4, -0.2) is 22.1 Å². The Morgan fingerprint density at radius 1 is 1.31 bits per heavy atom. The summed E-state index contributed by atoms with van der Waals surface area (Å²) in [6, 6.07) is 8.83. The lowest BCUT2D eigenvalue weighted by molar-refractivity contribution is 0.541. The van der Waals surface area contributed by atoms with Crippen molar-refractivity contribution in [3.63, 3.8) is 0 Å². The summed E-state index contributed by atoms with van der Waals surface area (Å²) in [5, 5.41) is 3.43. The average molecular weight is 217 g/mol. The van der Waals surface area contributed by atoms with Crippen LogP contribution in [0.3, 0.4) is 0 Å². The van der Waals surface area contributed by atoms with E-state index in [2.05, 4.69) is 53.8 Å². The van der Waals surface area contributed by atoms with Gasteiger partial charge in [0.2, 0.25) is 0 Å². The molecule has 0 spiro atoms. The minimum Gasteiger partial charge on any atom is -0.327 e. The Morgan fingerprint density at radius 3 is 2.81 bits per heavy atom. The van der Waals surface area contributed by atoms with Gasteiger partial charge in [0.25, 0.3) is 0 Å². The molecule has 3 heteroatoms. The lowest BCUT2D eigenvalue weighted by atomic mass is 10.3. The van der Waals surface area contributed by atoms with Crippen molar-refractivity contribution in [3.05, 3.63) is 30.1 Å². The third-order valence-electron chi connectivity index (χ3n) is 2.73. The molecule has 0 saturated carbocycles. The summed E-state index contributed by atoms with van der Waals surface area (Å²) in [7, 11) is 0. The summed E-state index contributed by atoms with van der Waals surface area (Å²) in [6.45, 7) is 8.36. The molecule has 0 radical (unpaired) electrons. The molecule has 1 N–H and O–H groups in total. The Labute approximate surface area is 96.5 Å². The van der Waals surface area contributed by atoms with E-state index in [0.29, 0.717) is 6.04 Å². The van der Waals surface area contributed by atoms with Gasteiger partial charge in [-0.2, -0.15) is 0 Å². The van der Waals surface area contributed by atoms with E-state index in [9.17, 15) is 0 Å². The number of nitrogens with one attached hydrogen (secondary N) is 1. The first-order valence-corrected chi connectivity index (χ1v) is 5.83. The van der Waals surface area contributed by atoms with Crippen LogP contribution in [-0.2, 0) is 6.54 Å². The fourth-order valence-corrected chi connectivity index (χ4v) is 1.94. The number of aromatic nitrogens is 2. The zero-order valence-electron chi connectivity index (χ0n) is 10.2. The second-order valence-corrected chi connectivity index (χ2v) is 4.41. The van der Waals surface area contributed by atoms with Crippen LogP contribution in [0.2, 0.25) is 0 Å². The summed E-state index contributed by atoms with van der Waals surface area (Å²) in [5.41, 5.74) is 2.31. The molecule has 0 bridgehead atoms. The van der Waals surface area contributed by atoms with Crippen molar-refractivity contribution in [2.24, 2.45) is 0 Å². The third-order valence-corrected chi connectivity index (χ3v) is 2.73. The second-order valence-electron chi connectivity index (χ2n) is 4.41. The molecule has 0 atom stereocenters. The van der Waals surface area contributed by atoms with Gasteiger partial charge in [0.1, 0.15) is 5.82 Å². The number of imidazole rings is 1. The average Bonchev–Trinajstić information content (AvgIpc) is 2.55. The van der Waals surface area contributed by atoms with Crippen LogP contribution < -0.4 is 5.32 Å². The minimum atomic E-state index is 0.537. The molecule has 0 amide bonds. The fourth-order valence-electron chi connectivity index (χ4n) is 1.94. The van der Waals surface area contributed by atoms with E-state index in [-0.39, 0.29) is 0 Å². The predicted octanol–water partition coefficient (Wildman–Crippen LogP) is 2.34. The lowest BCUT2D eigenvalue weighted by Gasteiger charge is -2.10. The van der Waals surface area contributed by atoms with E-state index in [4.69, 9.17) is 0 Å². The van der Waals surface area contributed by atoms with E-state index in [1.54, 1.807) is 0 Å². The van der Waals surface area contributed by atoms with Crippen molar-refractivity contribution in [2.75, 3.05) is 6.54 Å². The van der Waals surface area contributed by atoms with Gasteiger partial charge in [0.05, 0.1) is 11.0 Å². The summed E-state index contributed by atoms with van der Waals surface area (Å²) >= 11 is 0. The molecule has 0 aliphatic heterocycles. The van der Waals surface area contributed by atoms with Gasteiger partial charge in [-0.15, -0.1) is 0 Å². The van der Waals surface area contributed by atoms with Gasteiger partial charge in [0.15, 0.2) is 0 Å². The Morgan fingerprint density at radius 2 is 2.06 bits per heavy atom. The van der Waals surface area contributed by atoms with Crippen LogP contribution in [0.15, 0.2) is 24.3 Å². The molecule has 0 aliphatic rings. The molecule has 3 nitrogen and oxygen atoms in total. The van der Waals surface area contributed by atoms with Crippen LogP contribution >= 0.6 is 0 Å². The SMILES string of the molecule is Cc1nc2ccccc2n1CCNC(C)C. The summed E-state index contributed by atoms with van der Waals surface area (Å²) in [6.07, 6.45) is 0. The quantitative estimate of drug-likeness (QED) is 0.852. The highest BCUT2D eigenvalue weighted by molar-refractivity contribution is 5.75. The van der Waals surface area contributed by atoms with Gasteiger partial charge in [-0.3, -0.25) is 0 Å². The van der Waals surface area contributed by atoms with Gasteiger partial charge in [-0.05, 0) is 19.1 Å². The maximum absolute atomic E-state index is 4.55. The van der Waals surface area contributed by atoms with E-state index in [1.165, 1.54) is 5.52 Å². The minimum absolute atomic E-state index is 0.537. The van der Waals surface area contributed by atoms with Crippen molar-refractivity contribution in [2.45, 2.75) is 33.4 Å². The molecular formula is C13H19N3. The van der Waals surface area contributed by atoms with E-state index >= 15 is 0 Å². The van der Waals surface area contributed by atoms with Crippen molar-refractivity contribution >= 4 is 11.0 Å². The van der Waals surface area contributed by atoms with Crippen LogP contribution in [0.4, 0.5) is 0 Å². The molecule has 0 aliphatic carbocycles. The Balaban J connectivity index is 2.19. The largest absolute Gasteiger partial charge is 0.327 e.